The first-order chi connectivity index (χ1) is 13.5. The smallest absolute Gasteiger partial charge is 0.306 e. The van der Waals surface area contributed by atoms with Gasteiger partial charge >= 0.3 is 5.97 Å². The number of rotatable bonds is 9. The Hall–Kier alpha value is -0.433. The van der Waals surface area contributed by atoms with Gasteiger partial charge in [-0.1, -0.05) is 34.1 Å². The number of carbonyl (C=O) groups is 1. The predicted octanol–water partition coefficient (Wildman–Crippen LogP) is 5.08. The van der Waals surface area contributed by atoms with E-state index in [0.29, 0.717) is 31.5 Å². The van der Waals surface area contributed by atoms with Gasteiger partial charge in [0.2, 0.25) is 0 Å². The van der Waals surface area contributed by atoms with Crippen LogP contribution in [0.2, 0.25) is 18.1 Å². The van der Waals surface area contributed by atoms with Crippen molar-refractivity contribution in [3.63, 3.8) is 0 Å². The monoisotopic (exact) mass is 428 g/mol. The van der Waals surface area contributed by atoms with Crippen LogP contribution in [0.5, 0.6) is 0 Å². The van der Waals surface area contributed by atoms with Crippen LogP contribution in [0.4, 0.5) is 0 Å². The lowest BCUT2D eigenvalue weighted by atomic mass is 9.86. The van der Waals surface area contributed by atoms with E-state index in [0.717, 1.165) is 38.5 Å². The van der Waals surface area contributed by atoms with E-state index >= 15 is 0 Å². The van der Waals surface area contributed by atoms with Crippen molar-refractivity contribution in [1.82, 2.24) is 0 Å². The van der Waals surface area contributed by atoms with Crippen molar-refractivity contribution in [2.75, 3.05) is 13.2 Å². The number of carboxylic acid groups (broad SMARTS) is 1. The highest BCUT2D eigenvalue weighted by molar-refractivity contribution is 6.74. The van der Waals surface area contributed by atoms with E-state index in [4.69, 9.17) is 9.16 Å². The molecule has 5 nitrogen and oxygen atoms in total. The van der Waals surface area contributed by atoms with Gasteiger partial charge in [-0.3, -0.25) is 4.79 Å². The molecule has 0 aromatic heterocycles. The molecule has 1 aliphatic carbocycles. The SMILES string of the molecule is CCCC(CC[C@@H]1CC[C@@H]2[C@@H](CO[Si](C)(C)C(C)(C)C)[C@H](O)C[C@@H]2OC1)C(=O)O. The topological polar surface area (TPSA) is 76.0 Å². The number of ether oxygens (including phenoxy) is 1. The Morgan fingerprint density at radius 1 is 1.24 bits per heavy atom. The van der Waals surface area contributed by atoms with E-state index in [1.807, 2.05) is 6.92 Å². The van der Waals surface area contributed by atoms with Gasteiger partial charge in [0.15, 0.2) is 8.32 Å². The maximum absolute atomic E-state index is 11.4. The van der Waals surface area contributed by atoms with Gasteiger partial charge in [-0.05, 0) is 62.1 Å². The summed E-state index contributed by atoms with van der Waals surface area (Å²) in [6.45, 7) is 14.6. The highest BCUT2D eigenvalue weighted by Gasteiger charge is 2.46. The number of hydrogen-bond donors (Lipinski definition) is 2. The minimum Gasteiger partial charge on any atom is -0.481 e. The molecule has 6 heteroatoms. The van der Waals surface area contributed by atoms with Crippen molar-refractivity contribution in [1.29, 1.82) is 0 Å². The Kier molecular flexibility index (Phi) is 8.78. The Morgan fingerprint density at radius 3 is 2.52 bits per heavy atom. The van der Waals surface area contributed by atoms with Crippen LogP contribution >= 0.6 is 0 Å². The molecule has 0 radical (unpaired) electrons. The van der Waals surface area contributed by atoms with Crippen molar-refractivity contribution in [2.45, 2.75) is 103 Å². The number of hydrogen-bond acceptors (Lipinski definition) is 4. The van der Waals surface area contributed by atoms with E-state index in [1.54, 1.807) is 0 Å². The van der Waals surface area contributed by atoms with Gasteiger partial charge in [-0.2, -0.15) is 0 Å². The molecule has 0 aromatic rings. The van der Waals surface area contributed by atoms with Crippen molar-refractivity contribution < 1.29 is 24.2 Å². The molecule has 6 atom stereocenters. The molecule has 1 unspecified atom stereocenters. The summed E-state index contributed by atoms with van der Waals surface area (Å²) in [7, 11) is -1.84. The van der Waals surface area contributed by atoms with Gasteiger partial charge in [0.05, 0.1) is 18.1 Å². The third kappa shape index (κ3) is 6.52. The lowest BCUT2D eigenvalue weighted by Gasteiger charge is -2.38. The number of carboxylic acids is 1. The molecule has 1 aliphatic heterocycles. The maximum atomic E-state index is 11.4. The zero-order chi connectivity index (χ0) is 21.8. The normalized spacial score (nSPS) is 31.9. The molecule has 0 aromatic carbocycles. The van der Waals surface area contributed by atoms with Crippen LogP contribution in [0.15, 0.2) is 0 Å². The average molecular weight is 429 g/mol. The Bertz CT molecular complexity index is 530. The summed E-state index contributed by atoms with van der Waals surface area (Å²) in [5.41, 5.74) is 0. The Balaban J connectivity index is 1.90. The van der Waals surface area contributed by atoms with Gasteiger partial charge in [-0.25, -0.2) is 0 Å². The summed E-state index contributed by atoms with van der Waals surface area (Å²) in [6, 6.07) is 0. The molecule has 1 heterocycles. The standard InChI is InChI=1S/C23H44O5Si/c1-7-8-17(22(25)26)11-9-16-10-12-18-19(20(24)13-21(18)27-14-16)15-28-29(5,6)23(2,3)4/h16-21,24H,7-15H2,1-6H3,(H,25,26)/t16-,17?,18-,19-,20-,21+/m1/s1. The van der Waals surface area contributed by atoms with E-state index in [9.17, 15) is 15.0 Å². The van der Waals surface area contributed by atoms with E-state index in [2.05, 4.69) is 33.9 Å². The summed E-state index contributed by atoms with van der Waals surface area (Å²) in [6.07, 6.45) is 5.92. The number of aliphatic hydroxyl groups is 1. The van der Waals surface area contributed by atoms with Gasteiger partial charge < -0.3 is 19.4 Å². The number of fused-ring (bicyclic) bond motifs is 1. The molecule has 2 fully saturated rings. The van der Waals surface area contributed by atoms with Gasteiger partial charge in [0, 0.05) is 25.6 Å². The second-order valence-corrected chi connectivity index (χ2v) is 15.7. The highest BCUT2D eigenvalue weighted by atomic mass is 28.4. The third-order valence-corrected chi connectivity index (χ3v) is 12.3. The predicted molar refractivity (Wildman–Crippen MR) is 118 cm³/mol. The van der Waals surface area contributed by atoms with Crippen molar-refractivity contribution in [3.05, 3.63) is 0 Å². The van der Waals surface area contributed by atoms with Crippen LogP contribution in [0.3, 0.4) is 0 Å². The summed E-state index contributed by atoms with van der Waals surface area (Å²) in [5, 5.41) is 20.2. The fourth-order valence-electron chi connectivity index (χ4n) is 4.67. The molecular weight excluding hydrogens is 384 g/mol. The summed E-state index contributed by atoms with van der Waals surface area (Å²) >= 11 is 0. The molecule has 2 rings (SSSR count). The first kappa shape index (κ1) is 24.8. The van der Waals surface area contributed by atoms with Crippen LogP contribution in [0.25, 0.3) is 0 Å². The molecule has 0 amide bonds. The van der Waals surface area contributed by atoms with Crippen LogP contribution in [-0.4, -0.2) is 49.9 Å². The second-order valence-electron chi connectivity index (χ2n) is 10.9. The Labute approximate surface area is 178 Å². The van der Waals surface area contributed by atoms with Crippen LogP contribution in [-0.2, 0) is 14.0 Å². The molecular formula is C23H44O5Si. The van der Waals surface area contributed by atoms with E-state index < -0.39 is 14.3 Å². The van der Waals surface area contributed by atoms with Gasteiger partial charge in [0.25, 0.3) is 0 Å². The molecule has 0 spiro atoms. The second kappa shape index (κ2) is 10.3. The number of aliphatic carboxylic acids is 1. The molecule has 2 N–H and O–H groups in total. The minimum absolute atomic E-state index is 0.119. The van der Waals surface area contributed by atoms with E-state index in [-0.39, 0.29) is 29.1 Å². The first-order valence-corrected chi connectivity index (χ1v) is 14.5. The molecule has 29 heavy (non-hydrogen) atoms. The largest absolute Gasteiger partial charge is 0.481 e. The molecule has 2 aliphatic rings. The Morgan fingerprint density at radius 2 is 1.93 bits per heavy atom. The first-order valence-electron chi connectivity index (χ1n) is 11.6. The molecule has 1 saturated carbocycles. The van der Waals surface area contributed by atoms with Crippen LogP contribution in [0, 0.1) is 23.7 Å². The highest BCUT2D eigenvalue weighted by Crippen LogP contribution is 2.43. The lowest BCUT2D eigenvalue weighted by molar-refractivity contribution is -0.142. The van der Waals surface area contributed by atoms with Crippen LogP contribution < -0.4 is 0 Å². The lowest BCUT2D eigenvalue weighted by Crippen LogP contribution is -2.43. The van der Waals surface area contributed by atoms with E-state index in [1.165, 1.54) is 0 Å². The van der Waals surface area contributed by atoms with Crippen molar-refractivity contribution in [2.24, 2.45) is 23.7 Å². The van der Waals surface area contributed by atoms with Gasteiger partial charge in [0.1, 0.15) is 0 Å². The van der Waals surface area contributed by atoms with Crippen LogP contribution in [0.1, 0.15) is 72.6 Å². The zero-order valence-electron chi connectivity index (χ0n) is 19.4. The zero-order valence-corrected chi connectivity index (χ0v) is 20.4. The number of aliphatic hydroxyl groups excluding tert-OH is 1. The average Bonchev–Trinajstić information content (AvgIpc) is 2.77. The third-order valence-electron chi connectivity index (χ3n) is 7.80. The fourth-order valence-corrected chi connectivity index (χ4v) is 5.71. The summed E-state index contributed by atoms with van der Waals surface area (Å²) in [5.74, 6) is 0.0448. The maximum Gasteiger partial charge on any atom is 0.306 e. The van der Waals surface area contributed by atoms with Gasteiger partial charge in [-0.15, -0.1) is 0 Å². The minimum atomic E-state index is -1.84. The summed E-state index contributed by atoms with van der Waals surface area (Å²) < 4.78 is 12.7. The van der Waals surface area contributed by atoms with Crippen molar-refractivity contribution >= 4 is 14.3 Å². The quantitative estimate of drug-likeness (QED) is 0.501. The summed E-state index contributed by atoms with van der Waals surface area (Å²) in [4.78, 5) is 11.4. The fraction of sp³-hybridized carbons (Fsp3) is 0.957. The molecule has 0 bridgehead atoms. The molecule has 170 valence electrons. The van der Waals surface area contributed by atoms with Crippen molar-refractivity contribution in [3.8, 4) is 0 Å². The molecule has 1 saturated heterocycles.